The van der Waals surface area contributed by atoms with Crippen LogP contribution in [-0.4, -0.2) is 24.9 Å². The van der Waals surface area contributed by atoms with Crippen molar-refractivity contribution >= 4 is 114 Å². The molecule has 0 radical (unpaired) electrons. The second-order valence-corrected chi connectivity index (χ2v) is 19.8. The molecule has 2 aliphatic heterocycles. The Morgan fingerprint density at radius 2 is 0.424 bits per heavy atom. The molecule has 0 N–H and O–H groups in total. The fourth-order valence-corrected chi connectivity index (χ4v) is 12.8. The van der Waals surface area contributed by atoms with Gasteiger partial charge in [-0.15, -0.1) is 0 Å². The molecule has 0 aliphatic carbocycles. The largest absolute Gasteiger partial charge is 0.256 e. The lowest BCUT2D eigenvalue weighted by molar-refractivity contribution is 1.52. The Morgan fingerprint density at radius 1 is 0.227 bits per heavy atom. The van der Waals surface area contributed by atoms with Gasteiger partial charge in [-0.1, -0.05) is 217 Å². The number of para-hydroxylation sites is 4. The van der Waals surface area contributed by atoms with E-state index in [4.69, 9.17) is 20.0 Å². The number of aliphatic imine (C=N–C) groups is 4. The Kier molecular flexibility index (Phi) is 13.6. The number of hydrogen-bond acceptors (Lipinski definition) is 8. The highest BCUT2D eigenvalue weighted by Gasteiger charge is 2.32. The second-order valence-electron chi connectivity index (χ2n) is 15.2. The SMILES string of the molecule is C(=Nc1ccccc1)c1ccc(C2=C(c3ccc(C=Nc4ccccc4)cc3)SC(=C3SC(c4ccc(C=Nc5ccccc5)cc4)=C(c4ccc(C=Nc5ccccc5)cc4)S3)S2)cc1. The summed E-state index contributed by atoms with van der Waals surface area (Å²) in [7, 11) is 0. The van der Waals surface area contributed by atoms with E-state index in [1.807, 2.05) is 193 Å². The van der Waals surface area contributed by atoms with Gasteiger partial charge in [0.2, 0.25) is 0 Å². The Labute approximate surface area is 402 Å². The third-order valence-corrected chi connectivity index (χ3v) is 16.4. The molecule has 0 saturated carbocycles. The topological polar surface area (TPSA) is 49.4 Å². The monoisotopic (exact) mass is 920 g/mol. The summed E-state index contributed by atoms with van der Waals surface area (Å²) in [6, 6.07) is 75.3. The maximum atomic E-state index is 4.70. The molecule has 8 aromatic rings. The van der Waals surface area contributed by atoms with Crippen LogP contribution in [0.2, 0.25) is 0 Å². The smallest absolute Gasteiger partial charge is 0.0707 e. The summed E-state index contributed by atoms with van der Waals surface area (Å²) in [6.45, 7) is 0. The highest BCUT2D eigenvalue weighted by atomic mass is 32.2. The van der Waals surface area contributed by atoms with Gasteiger partial charge < -0.3 is 0 Å². The highest BCUT2D eigenvalue weighted by Crippen LogP contribution is 2.66. The van der Waals surface area contributed by atoms with Crippen LogP contribution in [0.1, 0.15) is 44.5 Å². The Balaban J connectivity index is 0.975. The van der Waals surface area contributed by atoms with E-state index in [0.29, 0.717) is 0 Å². The standard InChI is InChI=1S/C58H40N4S4/c1-5-13-49(14-6-1)59-37-41-21-29-45(30-22-41)53-54(46-31-23-42(24-32-46)38-60-50-15-7-2-8-16-50)64-57(63-53)58-65-55(47-33-25-43(26-34-47)39-61-51-17-9-3-10-18-51)56(66-58)48-35-27-44(28-36-48)40-62-52-19-11-4-12-20-52/h1-40H. The van der Waals surface area contributed by atoms with Crippen LogP contribution in [0.25, 0.3) is 19.6 Å². The van der Waals surface area contributed by atoms with Crippen LogP contribution >= 0.6 is 47.0 Å². The predicted molar refractivity (Wildman–Crippen MR) is 292 cm³/mol. The van der Waals surface area contributed by atoms with Crippen molar-refractivity contribution in [2.75, 3.05) is 0 Å². The molecule has 0 bridgehead atoms. The number of nitrogens with zero attached hydrogens (tertiary/aromatic N) is 4. The number of thioether (sulfide) groups is 4. The van der Waals surface area contributed by atoms with E-state index in [2.05, 4.69) is 97.1 Å². The summed E-state index contributed by atoms with van der Waals surface area (Å²) in [6.07, 6.45) is 7.72. The summed E-state index contributed by atoms with van der Waals surface area (Å²) in [5.41, 5.74) is 12.6. The number of hydrogen-bond donors (Lipinski definition) is 0. The molecule has 316 valence electrons. The lowest BCUT2D eigenvalue weighted by Crippen LogP contribution is -1.87. The van der Waals surface area contributed by atoms with Gasteiger partial charge >= 0.3 is 0 Å². The number of benzene rings is 8. The minimum Gasteiger partial charge on any atom is -0.256 e. The first-order chi connectivity index (χ1) is 32.7. The zero-order valence-corrected chi connectivity index (χ0v) is 38.8. The summed E-state index contributed by atoms with van der Waals surface area (Å²) in [5.74, 6) is 0. The van der Waals surface area contributed by atoms with Crippen molar-refractivity contribution < 1.29 is 0 Å². The van der Waals surface area contributed by atoms with E-state index in [9.17, 15) is 0 Å². The van der Waals surface area contributed by atoms with Gasteiger partial charge in [0.05, 0.1) is 31.2 Å². The molecular formula is C58H40N4S4. The molecule has 66 heavy (non-hydrogen) atoms. The van der Waals surface area contributed by atoms with Crippen LogP contribution in [0.4, 0.5) is 22.7 Å². The van der Waals surface area contributed by atoms with Crippen molar-refractivity contribution in [2.24, 2.45) is 20.0 Å². The first-order valence-electron chi connectivity index (χ1n) is 21.4. The molecule has 8 aromatic carbocycles. The van der Waals surface area contributed by atoms with Gasteiger partial charge in [0.15, 0.2) is 0 Å². The van der Waals surface area contributed by atoms with E-state index in [-0.39, 0.29) is 0 Å². The second kappa shape index (κ2) is 20.9. The van der Waals surface area contributed by atoms with Gasteiger partial charge in [-0.25, -0.2) is 0 Å². The van der Waals surface area contributed by atoms with Gasteiger partial charge in [0.25, 0.3) is 0 Å². The van der Waals surface area contributed by atoms with Gasteiger partial charge in [-0.05, 0) is 93.0 Å². The molecule has 0 atom stereocenters. The minimum atomic E-state index is 0.933. The third kappa shape index (κ3) is 10.8. The maximum absolute atomic E-state index is 4.70. The molecule has 0 aromatic heterocycles. The minimum absolute atomic E-state index is 0.933. The van der Waals surface area contributed by atoms with Crippen LogP contribution in [0.5, 0.6) is 0 Å². The van der Waals surface area contributed by atoms with E-state index in [1.54, 1.807) is 0 Å². The molecule has 8 heteroatoms. The first-order valence-corrected chi connectivity index (χ1v) is 24.7. The quantitative estimate of drug-likeness (QED) is 0.115. The number of rotatable bonds is 12. The molecular weight excluding hydrogens is 881 g/mol. The van der Waals surface area contributed by atoms with Gasteiger partial charge in [-0.2, -0.15) is 0 Å². The van der Waals surface area contributed by atoms with Gasteiger partial charge in [0, 0.05) is 44.5 Å². The first kappa shape index (κ1) is 43.0. The Bertz CT molecular complexity index is 2730. The van der Waals surface area contributed by atoms with Crippen molar-refractivity contribution in [3.63, 3.8) is 0 Å². The Hall–Kier alpha value is -6.94. The van der Waals surface area contributed by atoms with Gasteiger partial charge in [0.1, 0.15) is 0 Å². The molecule has 2 aliphatic rings. The van der Waals surface area contributed by atoms with Crippen LogP contribution < -0.4 is 0 Å². The molecule has 0 spiro atoms. The average molecular weight is 921 g/mol. The Morgan fingerprint density at radius 3 is 0.621 bits per heavy atom. The maximum Gasteiger partial charge on any atom is 0.0707 e. The van der Waals surface area contributed by atoms with Crippen molar-refractivity contribution in [2.45, 2.75) is 0 Å². The zero-order valence-electron chi connectivity index (χ0n) is 35.5. The van der Waals surface area contributed by atoms with E-state index >= 15 is 0 Å². The van der Waals surface area contributed by atoms with Crippen molar-refractivity contribution in [3.8, 4) is 0 Å². The van der Waals surface area contributed by atoms with Crippen LogP contribution in [-0.2, 0) is 0 Å². The predicted octanol–water partition coefficient (Wildman–Crippen LogP) is 17.1. The summed E-state index contributed by atoms with van der Waals surface area (Å²) in [4.78, 5) is 23.8. The highest BCUT2D eigenvalue weighted by molar-refractivity contribution is 8.39. The molecule has 0 amide bonds. The zero-order chi connectivity index (χ0) is 44.3. The molecule has 0 unspecified atom stereocenters. The van der Waals surface area contributed by atoms with Crippen molar-refractivity contribution in [1.29, 1.82) is 0 Å². The van der Waals surface area contributed by atoms with E-state index in [0.717, 1.165) is 45.0 Å². The summed E-state index contributed by atoms with van der Waals surface area (Å²) < 4.78 is 2.54. The summed E-state index contributed by atoms with van der Waals surface area (Å²) in [5, 5.41) is 0. The average Bonchev–Trinajstić information content (AvgIpc) is 4.05. The van der Waals surface area contributed by atoms with Crippen molar-refractivity contribution in [1.82, 2.24) is 0 Å². The molecule has 0 saturated heterocycles. The van der Waals surface area contributed by atoms with Gasteiger partial charge in [-0.3, -0.25) is 20.0 Å². The summed E-state index contributed by atoms with van der Waals surface area (Å²) >= 11 is 7.44. The third-order valence-electron chi connectivity index (χ3n) is 10.5. The molecule has 0 fully saturated rings. The lowest BCUT2D eigenvalue weighted by atomic mass is 10.1. The molecule has 4 nitrogen and oxygen atoms in total. The van der Waals surface area contributed by atoms with E-state index < -0.39 is 0 Å². The fraction of sp³-hybridized carbons (Fsp3) is 0. The molecule has 2 heterocycles. The lowest BCUT2D eigenvalue weighted by Gasteiger charge is -2.07. The fourth-order valence-electron chi connectivity index (χ4n) is 7.06. The van der Waals surface area contributed by atoms with Crippen LogP contribution in [0, 0.1) is 0 Å². The van der Waals surface area contributed by atoms with Crippen LogP contribution in [0.15, 0.2) is 247 Å². The molecule has 10 rings (SSSR count). The normalized spacial score (nSPS) is 14.3. The van der Waals surface area contributed by atoms with E-state index in [1.165, 1.54) is 50.3 Å². The van der Waals surface area contributed by atoms with Crippen LogP contribution in [0.3, 0.4) is 0 Å². The van der Waals surface area contributed by atoms with Crippen molar-refractivity contribution in [3.05, 3.63) is 271 Å².